The van der Waals surface area contributed by atoms with Crippen LogP contribution in [0.3, 0.4) is 0 Å². The van der Waals surface area contributed by atoms with E-state index >= 15 is 0 Å². The first-order valence-electron chi connectivity index (χ1n) is 7.78. The molecule has 128 valence electrons. The van der Waals surface area contributed by atoms with Crippen molar-refractivity contribution in [2.45, 2.75) is 39.7 Å². The number of rotatable bonds is 9. The molecule has 1 rings (SSSR count). The summed E-state index contributed by atoms with van der Waals surface area (Å²) >= 11 is 5.30. The molecule has 0 saturated heterocycles. The van der Waals surface area contributed by atoms with Gasteiger partial charge in [-0.2, -0.15) is 0 Å². The van der Waals surface area contributed by atoms with Gasteiger partial charge >= 0.3 is 11.9 Å². The van der Waals surface area contributed by atoms with Gasteiger partial charge in [0.15, 0.2) is 0 Å². The first-order chi connectivity index (χ1) is 11.0. The lowest BCUT2D eigenvalue weighted by Crippen LogP contribution is -2.30. The van der Waals surface area contributed by atoms with Crippen LogP contribution >= 0.6 is 11.6 Å². The molecule has 0 aliphatic carbocycles. The molecule has 1 N–H and O–H groups in total. The number of hydrogen-bond donors (Lipinski definition) is 1. The Hall–Kier alpha value is -1.75. The van der Waals surface area contributed by atoms with Gasteiger partial charge in [0, 0.05) is 5.69 Å². The van der Waals surface area contributed by atoms with Gasteiger partial charge < -0.3 is 14.8 Å². The number of nitrogens with one attached hydrogen (secondary N) is 1. The maximum atomic E-state index is 12.0. The minimum Gasteiger partial charge on any atom is -0.461 e. The quantitative estimate of drug-likeness (QED) is 0.425. The Bertz CT molecular complexity index is 511. The largest absolute Gasteiger partial charge is 0.461 e. The zero-order valence-corrected chi connectivity index (χ0v) is 14.6. The van der Waals surface area contributed by atoms with Crippen LogP contribution in [0.2, 0.25) is 0 Å². The third kappa shape index (κ3) is 6.10. The van der Waals surface area contributed by atoms with Crippen molar-refractivity contribution in [3.8, 4) is 0 Å². The highest BCUT2D eigenvalue weighted by Gasteiger charge is 2.17. The Morgan fingerprint density at radius 1 is 1.13 bits per heavy atom. The summed E-state index contributed by atoms with van der Waals surface area (Å²) in [5.74, 6) is -1.13. The summed E-state index contributed by atoms with van der Waals surface area (Å²) in [7, 11) is 0. The number of para-hydroxylation sites is 1. The lowest BCUT2D eigenvalue weighted by atomic mass is 10.0. The average Bonchev–Trinajstić information content (AvgIpc) is 2.58. The molecule has 0 amide bonds. The van der Waals surface area contributed by atoms with Crippen molar-refractivity contribution in [2.24, 2.45) is 0 Å². The van der Waals surface area contributed by atoms with Crippen LogP contribution in [-0.2, 0) is 31.9 Å². The van der Waals surface area contributed by atoms with E-state index in [1.54, 1.807) is 6.92 Å². The number of hydrogen-bond acceptors (Lipinski definition) is 5. The zero-order valence-electron chi connectivity index (χ0n) is 13.9. The highest BCUT2D eigenvalue weighted by molar-refractivity contribution is 6.26. The van der Waals surface area contributed by atoms with Crippen LogP contribution < -0.4 is 5.32 Å². The number of aryl methyl sites for hydroxylation is 2. The van der Waals surface area contributed by atoms with Gasteiger partial charge in [0.05, 0.1) is 0 Å². The average molecular weight is 342 g/mol. The third-order valence-corrected chi connectivity index (χ3v) is 3.63. The Morgan fingerprint density at radius 3 is 2.22 bits per heavy atom. The van der Waals surface area contributed by atoms with Crippen LogP contribution in [0.4, 0.5) is 5.69 Å². The number of alkyl halides is 1. The van der Waals surface area contributed by atoms with E-state index in [2.05, 4.69) is 19.2 Å². The number of halogens is 1. The molecular formula is C17H24ClNO4. The molecule has 0 aromatic heterocycles. The molecule has 0 heterocycles. The Kier molecular flexibility index (Phi) is 8.48. The van der Waals surface area contributed by atoms with Gasteiger partial charge in [-0.05, 0) is 30.9 Å². The van der Waals surface area contributed by atoms with E-state index in [0.717, 1.165) is 18.5 Å². The number of ether oxygens (including phenoxy) is 2. The molecule has 0 saturated carbocycles. The molecular weight excluding hydrogens is 318 g/mol. The van der Waals surface area contributed by atoms with Crippen molar-refractivity contribution in [1.29, 1.82) is 0 Å². The van der Waals surface area contributed by atoms with Gasteiger partial charge in [-0.15, -0.1) is 11.6 Å². The lowest BCUT2D eigenvalue weighted by molar-refractivity contribution is -0.151. The van der Waals surface area contributed by atoms with Crippen LogP contribution in [0, 0.1) is 0 Å². The minimum absolute atomic E-state index is 0.00969. The normalized spacial score (nSPS) is 11.7. The van der Waals surface area contributed by atoms with Crippen LogP contribution in [0.1, 0.15) is 31.9 Å². The fourth-order valence-corrected chi connectivity index (χ4v) is 2.24. The number of carbonyl (C=O) groups is 2. The van der Waals surface area contributed by atoms with Crippen molar-refractivity contribution in [2.75, 3.05) is 24.4 Å². The van der Waals surface area contributed by atoms with Gasteiger partial charge in [-0.25, -0.2) is 4.79 Å². The second-order valence-electron chi connectivity index (χ2n) is 5.05. The van der Waals surface area contributed by atoms with Gasteiger partial charge in [0.2, 0.25) is 0 Å². The van der Waals surface area contributed by atoms with E-state index in [1.165, 1.54) is 11.1 Å². The minimum atomic E-state index is -0.529. The summed E-state index contributed by atoms with van der Waals surface area (Å²) < 4.78 is 9.84. The summed E-state index contributed by atoms with van der Waals surface area (Å²) in [6.45, 7) is 5.93. The maximum Gasteiger partial charge on any atom is 0.328 e. The molecule has 0 bridgehead atoms. The summed E-state index contributed by atoms with van der Waals surface area (Å²) in [6, 6.07) is 5.63. The first-order valence-corrected chi connectivity index (χ1v) is 8.32. The van der Waals surface area contributed by atoms with Crippen LogP contribution in [0.15, 0.2) is 18.2 Å². The van der Waals surface area contributed by atoms with Crippen LogP contribution in [0.25, 0.3) is 0 Å². The molecule has 0 unspecified atom stereocenters. The van der Waals surface area contributed by atoms with Gasteiger partial charge in [0.25, 0.3) is 0 Å². The Balaban J connectivity index is 2.57. The molecule has 0 aliphatic rings. The van der Waals surface area contributed by atoms with E-state index in [4.69, 9.17) is 21.1 Å². The molecule has 6 heteroatoms. The fraction of sp³-hybridized carbons (Fsp3) is 0.529. The van der Waals surface area contributed by atoms with E-state index in [9.17, 15) is 9.59 Å². The summed E-state index contributed by atoms with van der Waals surface area (Å²) in [5.41, 5.74) is 3.33. The molecule has 1 aromatic rings. The molecule has 1 atom stereocenters. The topological polar surface area (TPSA) is 64.6 Å². The van der Waals surface area contributed by atoms with E-state index in [1.807, 2.05) is 18.2 Å². The highest BCUT2D eigenvalue weighted by Crippen LogP contribution is 2.23. The molecule has 1 aromatic carbocycles. The Labute approximate surface area is 142 Å². The standard InChI is InChI=1S/C17H24ClNO4/c1-4-13-7-6-8-14(5-2)16(13)19-12(3)17(21)23-10-9-22-15(20)11-18/h6-8,12,19H,4-5,9-11H2,1-3H3/t12-/m0/s1. The van der Waals surface area contributed by atoms with Crippen LogP contribution in [-0.4, -0.2) is 37.1 Å². The molecule has 0 radical (unpaired) electrons. The summed E-state index contributed by atoms with van der Waals surface area (Å²) in [6.07, 6.45) is 1.76. The smallest absolute Gasteiger partial charge is 0.328 e. The van der Waals surface area contributed by atoms with E-state index in [0.29, 0.717) is 0 Å². The lowest BCUT2D eigenvalue weighted by Gasteiger charge is -2.19. The van der Waals surface area contributed by atoms with Crippen molar-refractivity contribution in [3.63, 3.8) is 0 Å². The number of benzene rings is 1. The van der Waals surface area contributed by atoms with E-state index in [-0.39, 0.29) is 25.1 Å². The Morgan fingerprint density at radius 2 is 1.70 bits per heavy atom. The number of anilines is 1. The predicted molar refractivity (Wildman–Crippen MR) is 90.9 cm³/mol. The molecule has 23 heavy (non-hydrogen) atoms. The second-order valence-corrected chi connectivity index (χ2v) is 5.31. The van der Waals surface area contributed by atoms with Gasteiger partial charge in [0.1, 0.15) is 25.1 Å². The fourth-order valence-electron chi connectivity index (χ4n) is 2.16. The zero-order chi connectivity index (χ0) is 17.2. The number of esters is 2. The van der Waals surface area contributed by atoms with E-state index < -0.39 is 12.0 Å². The third-order valence-electron chi connectivity index (χ3n) is 3.41. The SMILES string of the molecule is CCc1cccc(CC)c1N[C@@H](C)C(=O)OCCOC(=O)CCl. The van der Waals surface area contributed by atoms with Crippen molar-refractivity contribution in [1.82, 2.24) is 0 Å². The predicted octanol–water partition coefficient (Wildman–Crippen LogP) is 2.94. The second kappa shape index (κ2) is 10.1. The number of carbonyl (C=O) groups excluding carboxylic acids is 2. The molecule has 0 aliphatic heterocycles. The monoisotopic (exact) mass is 341 g/mol. The molecule has 0 fully saturated rings. The molecule has 5 nitrogen and oxygen atoms in total. The van der Waals surface area contributed by atoms with Crippen molar-refractivity contribution in [3.05, 3.63) is 29.3 Å². The van der Waals surface area contributed by atoms with Crippen molar-refractivity contribution < 1.29 is 19.1 Å². The summed E-state index contributed by atoms with van der Waals surface area (Å²) in [4.78, 5) is 22.9. The van der Waals surface area contributed by atoms with Crippen molar-refractivity contribution >= 4 is 29.2 Å². The summed E-state index contributed by atoms with van der Waals surface area (Å²) in [5, 5.41) is 3.24. The highest BCUT2D eigenvalue weighted by atomic mass is 35.5. The first kappa shape index (κ1) is 19.3. The van der Waals surface area contributed by atoms with Gasteiger partial charge in [-0.3, -0.25) is 4.79 Å². The van der Waals surface area contributed by atoms with Crippen LogP contribution in [0.5, 0.6) is 0 Å². The van der Waals surface area contributed by atoms with Gasteiger partial charge in [-0.1, -0.05) is 32.0 Å². The maximum absolute atomic E-state index is 12.0. The molecule has 0 spiro atoms.